The Kier molecular flexibility index (Phi) is 6.53. The van der Waals surface area contributed by atoms with E-state index in [2.05, 4.69) is 4.98 Å². The highest BCUT2D eigenvalue weighted by Crippen LogP contribution is 2.37. The highest BCUT2D eigenvalue weighted by Gasteiger charge is 2.25. The molecule has 0 bridgehead atoms. The van der Waals surface area contributed by atoms with Crippen LogP contribution in [0.4, 0.5) is 5.13 Å². The number of rotatable bonds is 8. The lowest BCUT2D eigenvalue weighted by atomic mass is 10.2. The quantitative estimate of drug-likeness (QED) is 0.353. The number of furan rings is 1. The van der Waals surface area contributed by atoms with Gasteiger partial charge in [0.1, 0.15) is 17.0 Å². The summed E-state index contributed by atoms with van der Waals surface area (Å²) < 4.78 is 37.3. The van der Waals surface area contributed by atoms with E-state index in [-0.39, 0.29) is 29.5 Å². The first-order valence-corrected chi connectivity index (χ1v) is 12.8. The third kappa shape index (κ3) is 4.94. The van der Waals surface area contributed by atoms with Crippen molar-refractivity contribution < 1.29 is 22.4 Å². The number of carbonyl (C=O) groups excluding carboxylic acids is 1. The summed E-state index contributed by atoms with van der Waals surface area (Å²) in [5.74, 6) is 0.549. The number of thiazole rings is 1. The first-order chi connectivity index (χ1) is 15.8. The first kappa shape index (κ1) is 23.0. The normalized spacial score (nSPS) is 11.6. The average Bonchev–Trinajstić information content (AvgIpc) is 3.47. The van der Waals surface area contributed by atoms with Gasteiger partial charge in [0.2, 0.25) is 5.91 Å². The maximum atomic E-state index is 13.3. The van der Waals surface area contributed by atoms with Crippen LogP contribution in [0, 0.1) is 13.8 Å². The zero-order valence-electron chi connectivity index (χ0n) is 18.6. The molecule has 33 heavy (non-hydrogen) atoms. The Morgan fingerprint density at radius 1 is 1.12 bits per heavy atom. The van der Waals surface area contributed by atoms with Crippen LogP contribution in [0.2, 0.25) is 0 Å². The minimum Gasteiger partial charge on any atom is -0.494 e. The lowest BCUT2D eigenvalue weighted by Gasteiger charge is -2.18. The second-order valence-electron chi connectivity index (χ2n) is 7.70. The molecule has 0 saturated heterocycles. The van der Waals surface area contributed by atoms with Gasteiger partial charge in [0, 0.05) is 6.42 Å². The first-order valence-electron chi connectivity index (χ1n) is 10.3. The summed E-state index contributed by atoms with van der Waals surface area (Å²) >= 11 is 1.37. The molecule has 0 aliphatic heterocycles. The van der Waals surface area contributed by atoms with Gasteiger partial charge in [-0.25, -0.2) is 13.4 Å². The van der Waals surface area contributed by atoms with E-state index < -0.39 is 9.84 Å². The van der Waals surface area contributed by atoms with E-state index in [4.69, 9.17) is 9.15 Å². The molecule has 4 aromatic rings. The van der Waals surface area contributed by atoms with Crippen LogP contribution < -0.4 is 9.64 Å². The third-order valence-corrected chi connectivity index (χ3v) is 8.25. The maximum absolute atomic E-state index is 13.3. The number of amides is 1. The Balaban J connectivity index is 1.63. The van der Waals surface area contributed by atoms with Gasteiger partial charge in [0.15, 0.2) is 15.0 Å². The van der Waals surface area contributed by atoms with Crippen LogP contribution >= 0.6 is 11.3 Å². The predicted molar refractivity (Wildman–Crippen MR) is 129 cm³/mol. The standard InChI is InChI=1S/C24H24N2O5S2/c1-16-6-9-19(10-7-16)33(28,29)14-12-21(27)26(15-18-5-4-13-31-18)24-25-22-20(30-3)11-8-17(2)23(22)32-24/h4-11,13H,12,14-15H2,1-3H3. The van der Waals surface area contributed by atoms with Crippen LogP contribution in [0.25, 0.3) is 10.2 Å². The lowest BCUT2D eigenvalue weighted by molar-refractivity contribution is -0.118. The van der Waals surface area contributed by atoms with Crippen molar-refractivity contribution in [3.63, 3.8) is 0 Å². The molecule has 1 amide bonds. The summed E-state index contributed by atoms with van der Waals surface area (Å²) in [5.41, 5.74) is 2.65. The Hall–Kier alpha value is -3.17. The van der Waals surface area contributed by atoms with Crippen molar-refractivity contribution in [3.8, 4) is 5.75 Å². The average molecular weight is 485 g/mol. The minimum atomic E-state index is -3.60. The molecule has 0 aliphatic rings. The topological polar surface area (TPSA) is 89.7 Å². The van der Waals surface area contributed by atoms with Crippen molar-refractivity contribution in [2.75, 3.05) is 17.8 Å². The van der Waals surface area contributed by atoms with E-state index in [9.17, 15) is 13.2 Å². The zero-order chi connectivity index (χ0) is 23.6. The Bertz CT molecular complexity index is 1370. The SMILES string of the molecule is COc1ccc(C)c2sc(N(Cc3ccco3)C(=O)CCS(=O)(=O)c3ccc(C)cc3)nc12. The number of nitrogens with zero attached hydrogens (tertiary/aromatic N) is 2. The van der Waals surface area contributed by atoms with Crippen molar-refractivity contribution in [1.82, 2.24) is 4.98 Å². The second kappa shape index (κ2) is 9.36. The Labute approximate surface area is 196 Å². The number of aromatic nitrogens is 1. The molecule has 2 aromatic heterocycles. The minimum absolute atomic E-state index is 0.150. The summed E-state index contributed by atoms with van der Waals surface area (Å²) in [6.45, 7) is 4.01. The van der Waals surface area contributed by atoms with E-state index in [1.165, 1.54) is 22.5 Å². The van der Waals surface area contributed by atoms with Crippen molar-refractivity contribution >= 4 is 42.4 Å². The zero-order valence-corrected chi connectivity index (χ0v) is 20.2. The number of hydrogen-bond acceptors (Lipinski definition) is 7. The van der Waals surface area contributed by atoms with Crippen molar-refractivity contribution in [2.24, 2.45) is 0 Å². The molecule has 9 heteroatoms. The van der Waals surface area contributed by atoms with E-state index >= 15 is 0 Å². The number of aryl methyl sites for hydroxylation is 2. The number of ether oxygens (including phenoxy) is 1. The molecule has 7 nitrogen and oxygen atoms in total. The molecular weight excluding hydrogens is 460 g/mol. The molecule has 0 radical (unpaired) electrons. The van der Waals surface area contributed by atoms with Gasteiger partial charge in [0.25, 0.3) is 0 Å². The molecular formula is C24H24N2O5S2. The van der Waals surface area contributed by atoms with Gasteiger partial charge < -0.3 is 9.15 Å². The number of benzene rings is 2. The fourth-order valence-electron chi connectivity index (χ4n) is 3.42. The summed E-state index contributed by atoms with van der Waals surface area (Å²) in [7, 11) is -2.03. The highest BCUT2D eigenvalue weighted by molar-refractivity contribution is 7.91. The van der Waals surface area contributed by atoms with Crippen LogP contribution in [-0.4, -0.2) is 32.2 Å². The van der Waals surface area contributed by atoms with Crippen LogP contribution in [0.1, 0.15) is 23.3 Å². The molecule has 2 aromatic carbocycles. The number of anilines is 1. The maximum Gasteiger partial charge on any atom is 0.230 e. The molecule has 172 valence electrons. The van der Waals surface area contributed by atoms with Crippen molar-refractivity contribution in [1.29, 1.82) is 0 Å². The highest BCUT2D eigenvalue weighted by atomic mass is 32.2. The Morgan fingerprint density at radius 2 is 1.88 bits per heavy atom. The molecule has 4 rings (SSSR count). The molecule has 0 saturated carbocycles. The van der Waals surface area contributed by atoms with Crippen LogP contribution in [-0.2, 0) is 21.2 Å². The molecule has 0 unspecified atom stereocenters. The van der Waals surface area contributed by atoms with E-state index in [1.807, 2.05) is 26.0 Å². The van der Waals surface area contributed by atoms with Gasteiger partial charge in [-0.1, -0.05) is 35.1 Å². The van der Waals surface area contributed by atoms with Gasteiger partial charge in [-0.2, -0.15) is 0 Å². The number of fused-ring (bicyclic) bond motifs is 1. The van der Waals surface area contributed by atoms with E-state index in [0.717, 1.165) is 15.8 Å². The number of sulfone groups is 1. The monoisotopic (exact) mass is 484 g/mol. The van der Waals surface area contributed by atoms with Crippen molar-refractivity contribution in [2.45, 2.75) is 31.7 Å². The summed E-state index contributed by atoms with van der Waals surface area (Å²) in [4.78, 5) is 19.6. The fraction of sp³-hybridized carbons (Fsp3) is 0.250. The summed E-state index contributed by atoms with van der Waals surface area (Å²) in [6.07, 6.45) is 1.36. The summed E-state index contributed by atoms with van der Waals surface area (Å²) in [6, 6.07) is 13.9. The number of hydrogen-bond donors (Lipinski definition) is 0. The number of carbonyl (C=O) groups is 1. The van der Waals surface area contributed by atoms with Crippen LogP contribution in [0.15, 0.2) is 64.1 Å². The molecule has 0 fully saturated rings. The van der Waals surface area contributed by atoms with Crippen LogP contribution in [0.5, 0.6) is 5.75 Å². The fourth-order valence-corrected chi connectivity index (χ4v) is 5.72. The lowest BCUT2D eigenvalue weighted by Crippen LogP contribution is -2.31. The third-order valence-electron chi connectivity index (χ3n) is 5.30. The van der Waals surface area contributed by atoms with Crippen molar-refractivity contribution in [3.05, 3.63) is 71.7 Å². The second-order valence-corrected chi connectivity index (χ2v) is 10.8. The molecule has 0 aliphatic carbocycles. The molecule has 0 N–H and O–H groups in total. The largest absolute Gasteiger partial charge is 0.494 e. The molecule has 2 heterocycles. The van der Waals surface area contributed by atoms with Gasteiger partial charge >= 0.3 is 0 Å². The van der Waals surface area contributed by atoms with Gasteiger partial charge in [-0.05, 0) is 49.7 Å². The molecule has 0 spiro atoms. The van der Waals surface area contributed by atoms with E-state index in [0.29, 0.717) is 22.2 Å². The smallest absolute Gasteiger partial charge is 0.230 e. The predicted octanol–water partition coefficient (Wildman–Crippen LogP) is 4.91. The van der Waals surface area contributed by atoms with Gasteiger partial charge in [0.05, 0.1) is 35.3 Å². The number of methoxy groups -OCH3 is 1. The molecule has 0 atom stereocenters. The summed E-state index contributed by atoms with van der Waals surface area (Å²) in [5, 5.41) is 0.465. The Morgan fingerprint density at radius 3 is 2.55 bits per heavy atom. The van der Waals surface area contributed by atoms with Crippen LogP contribution in [0.3, 0.4) is 0 Å². The van der Waals surface area contributed by atoms with E-state index in [1.54, 1.807) is 43.5 Å². The van der Waals surface area contributed by atoms with Gasteiger partial charge in [-0.3, -0.25) is 9.69 Å². The van der Waals surface area contributed by atoms with Gasteiger partial charge in [-0.15, -0.1) is 0 Å².